The Morgan fingerprint density at radius 1 is 1.33 bits per heavy atom. The molecule has 0 saturated carbocycles. The molecule has 2 aliphatic heterocycles. The second-order valence-electron chi connectivity index (χ2n) is 6.18. The van der Waals surface area contributed by atoms with Gasteiger partial charge in [0.1, 0.15) is 31.4 Å². The average Bonchev–Trinajstić information content (AvgIpc) is 3.08. The molecule has 1 aromatic heterocycles. The molecule has 1 saturated heterocycles. The van der Waals surface area contributed by atoms with Crippen molar-refractivity contribution in [3.05, 3.63) is 54.2 Å². The zero-order chi connectivity index (χ0) is 18.6. The van der Waals surface area contributed by atoms with Crippen LogP contribution in [0.25, 0.3) is 5.57 Å². The third-order valence-corrected chi connectivity index (χ3v) is 4.48. The number of hydrogen-bond donors (Lipinski definition) is 0. The minimum absolute atomic E-state index is 0.162. The summed E-state index contributed by atoms with van der Waals surface area (Å²) in [6.45, 7) is 1.40. The number of carbonyl (C=O) groups excluding carboxylic acids is 1. The standard InChI is InChI=1S/C19H18FN3O4/c20-17-9-14(1-2-16(17)13-4-7-25-8-5-13)23-15(11-27-19(23)24)10-26-18-3-6-21-12-22-18/h1-4,6,9,12,15H,5,7-8,10-11H2/t15-/m1/s1. The van der Waals surface area contributed by atoms with Gasteiger partial charge in [-0.2, -0.15) is 0 Å². The lowest BCUT2D eigenvalue weighted by Gasteiger charge is -2.22. The molecular weight excluding hydrogens is 353 g/mol. The molecular formula is C19H18FN3O4. The first kappa shape index (κ1) is 17.4. The van der Waals surface area contributed by atoms with Crippen molar-refractivity contribution >= 4 is 17.4 Å². The highest BCUT2D eigenvalue weighted by atomic mass is 19.1. The molecule has 0 spiro atoms. The number of benzene rings is 1. The molecule has 1 atom stereocenters. The van der Waals surface area contributed by atoms with E-state index in [-0.39, 0.29) is 25.1 Å². The number of nitrogens with zero attached hydrogens (tertiary/aromatic N) is 3. The monoisotopic (exact) mass is 371 g/mol. The van der Waals surface area contributed by atoms with Gasteiger partial charge in [0, 0.05) is 17.8 Å². The Morgan fingerprint density at radius 2 is 2.26 bits per heavy atom. The van der Waals surface area contributed by atoms with Crippen molar-refractivity contribution < 1.29 is 23.4 Å². The highest BCUT2D eigenvalue weighted by Gasteiger charge is 2.35. The van der Waals surface area contributed by atoms with E-state index in [1.165, 1.54) is 17.3 Å². The molecule has 8 heteroatoms. The van der Waals surface area contributed by atoms with Crippen molar-refractivity contribution in [2.45, 2.75) is 12.5 Å². The van der Waals surface area contributed by atoms with Gasteiger partial charge in [0.15, 0.2) is 0 Å². The van der Waals surface area contributed by atoms with Crippen LogP contribution in [0.5, 0.6) is 5.88 Å². The fourth-order valence-corrected chi connectivity index (χ4v) is 3.13. The van der Waals surface area contributed by atoms with E-state index < -0.39 is 6.09 Å². The predicted octanol–water partition coefficient (Wildman–Crippen LogP) is 2.82. The molecule has 2 aliphatic rings. The number of ether oxygens (including phenoxy) is 3. The first-order valence-corrected chi connectivity index (χ1v) is 8.64. The molecule has 2 aromatic rings. The zero-order valence-electron chi connectivity index (χ0n) is 14.5. The van der Waals surface area contributed by atoms with Crippen LogP contribution in [0.2, 0.25) is 0 Å². The maximum Gasteiger partial charge on any atom is 0.414 e. The van der Waals surface area contributed by atoms with Gasteiger partial charge in [-0.05, 0) is 30.2 Å². The van der Waals surface area contributed by atoms with Crippen LogP contribution in [0.4, 0.5) is 14.9 Å². The van der Waals surface area contributed by atoms with Gasteiger partial charge >= 0.3 is 6.09 Å². The van der Waals surface area contributed by atoms with Gasteiger partial charge in [0.25, 0.3) is 0 Å². The minimum Gasteiger partial charge on any atom is -0.475 e. The summed E-state index contributed by atoms with van der Waals surface area (Å²) < 4.78 is 30.7. The van der Waals surface area contributed by atoms with E-state index >= 15 is 0 Å². The van der Waals surface area contributed by atoms with E-state index in [4.69, 9.17) is 14.2 Å². The first-order valence-electron chi connectivity index (χ1n) is 8.64. The number of halogens is 1. The van der Waals surface area contributed by atoms with E-state index in [0.29, 0.717) is 36.8 Å². The summed E-state index contributed by atoms with van der Waals surface area (Å²) in [7, 11) is 0. The molecule has 0 bridgehead atoms. The van der Waals surface area contributed by atoms with Gasteiger partial charge in [-0.3, -0.25) is 4.90 Å². The second kappa shape index (κ2) is 7.71. The number of amides is 1. The molecule has 4 rings (SSSR count). The number of aromatic nitrogens is 2. The highest BCUT2D eigenvalue weighted by molar-refractivity contribution is 5.90. The number of hydrogen-bond acceptors (Lipinski definition) is 6. The quantitative estimate of drug-likeness (QED) is 0.805. The van der Waals surface area contributed by atoms with Crippen LogP contribution in [0.15, 0.2) is 42.9 Å². The topological polar surface area (TPSA) is 73.8 Å². The fraction of sp³-hybridized carbons (Fsp3) is 0.316. The Balaban J connectivity index is 1.52. The van der Waals surface area contributed by atoms with E-state index in [2.05, 4.69) is 9.97 Å². The molecule has 7 nitrogen and oxygen atoms in total. The fourth-order valence-electron chi connectivity index (χ4n) is 3.13. The summed E-state index contributed by atoms with van der Waals surface area (Å²) in [6.07, 6.45) is 4.96. The molecule has 0 N–H and O–H groups in total. The van der Waals surface area contributed by atoms with E-state index in [1.807, 2.05) is 6.08 Å². The largest absolute Gasteiger partial charge is 0.475 e. The van der Waals surface area contributed by atoms with E-state index in [9.17, 15) is 9.18 Å². The number of cyclic esters (lactones) is 1. The van der Waals surface area contributed by atoms with E-state index in [0.717, 1.165) is 5.57 Å². The summed E-state index contributed by atoms with van der Waals surface area (Å²) >= 11 is 0. The number of rotatable bonds is 5. The molecule has 3 heterocycles. The molecule has 1 amide bonds. The summed E-state index contributed by atoms with van der Waals surface area (Å²) in [4.78, 5) is 21.4. The Hall–Kier alpha value is -3.00. The Bertz CT molecular complexity index is 859. The molecule has 0 unspecified atom stereocenters. The summed E-state index contributed by atoms with van der Waals surface area (Å²) in [5.74, 6) is 0.0214. The highest BCUT2D eigenvalue weighted by Crippen LogP contribution is 2.30. The van der Waals surface area contributed by atoms with Crippen LogP contribution in [-0.2, 0) is 9.47 Å². The minimum atomic E-state index is -0.524. The van der Waals surface area contributed by atoms with Gasteiger partial charge in [0.2, 0.25) is 5.88 Å². The molecule has 1 fully saturated rings. The van der Waals surface area contributed by atoms with Crippen molar-refractivity contribution in [1.29, 1.82) is 0 Å². The first-order chi connectivity index (χ1) is 13.2. The van der Waals surface area contributed by atoms with Crippen molar-refractivity contribution in [3.8, 4) is 5.88 Å². The predicted molar refractivity (Wildman–Crippen MR) is 95.0 cm³/mol. The van der Waals surface area contributed by atoms with Crippen LogP contribution >= 0.6 is 0 Å². The Morgan fingerprint density at radius 3 is 3.00 bits per heavy atom. The molecule has 140 valence electrons. The van der Waals surface area contributed by atoms with Crippen molar-refractivity contribution in [2.75, 3.05) is 31.3 Å². The maximum absolute atomic E-state index is 14.7. The maximum atomic E-state index is 14.7. The Labute approximate surface area is 155 Å². The summed E-state index contributed by atoms with van der Waals surface area (Å²) in [6, 6.07) is 6.02. The zero-order valence-corrected chi connectivity index (χ0v) is 14.5. The Kier molecular flexibility index (Phi) is 4.97. The van der Waals surface area contributed by atoms with Gasteiger partial charge in [-0.25, -0.2) is 19.2 Å². The van der Waals surface area contributed by atoms with Gasteiger partial charge in [-0.1, -0.05) is 6.08 Å². The number of anilines is 1. The van der Waals surface area contributed by atoms with Crippen molar-refractivity contribution in [2.24, 2.45) is 0 Å². The second-order valence-corrected chi connectivity index (χ2v) is 6.18. The van der Waals surface area contributed by atoms with Gasteiger partial charge in [0.05, 0.1) is 18.9 Å². The van der Waals surface area contributed by atoms with Crippen LogP contribution in [0, 0.1) is 5.82 Å². The third-order valence-electron chi connectivity index (χ3n) is 4.48. The van der Waals surface area contributed by atoms with Gasteiger partial charge in [-0.15, -0.1) is 0 Å². The van der Waals surface area contributed by atoms with E-state index in [1.54, 1.807) is 24.4 Å². The third kappa shape index (κ3) is 3.75. The molecule has 0 radical (unpaired) electrons. The summed E-state index contributed by atoms with van der Waals surface area (Å²) in [5.41, 5.74) is 1.88. The van der Waals surface area contributed by atoms with Gasteiger partial charge < -0.3 is 14.2 Å². The smallest absolute Gasteiger partial charge is 0.414 e. The normalized spacial score (nSPS) is 19.6. The lowest BCUT2D eigenvalue weighted by atomic mass is 10.0. The average molecular weight is 371 g/mol. The molecule has 0 aliphatic carbocycles. The van der Waals surface area contributed by atoms with Crippen molar-refractivity contribution in [1.82, 2.24) is 9.97 Å². The summed E-state index contributed by atoms with van der Waals surface area (Å²) in [5, 5.41) is 0. The molecule has 1 aromatic carbocycles. The molecule has 27 heavy (non-hydrogen) atoms. The SMILES string of the molecule is O=C1OC[C@@H](COc2ccncn2)N1c1ccc(C2=CCOCC2)c(F)c1. The van der Waals surface area contributed by atoms with Crippen molar-refractivity contribution in [3.63, 3.8) is 0 Å². The van der Waals surface area contributed by atoms with Crippen LogP contribution in [0.3, 0.4) is 0 Å². The van der Waals surface area contributed by atoms with Crippen LogP contribution < -0.4 is 9.64 Å². The lowest BCUT2D eigenvalue weighted by Crippen LogP contribution is -2.38. The van der Waals surface area contributed by atoms with Crippen LogP contribution in [0.1, 0.15) is 12.0 Å². The lowest BCUT2D eigenvalue weighted by molar-refractivity contribution is 0.161. The van der Waals surface area contributed by atoms with Crippen LogP contribution in [-0.4, -0.2) is 48.5 Å². The number of carbonyl (C=O) groups is 1.